The Bertz CT molecular complexity index is 868. The molecule has 1 aliphatic heterocycles. The average Bonchev–Trinajstić information content (AvgIpc) is 3.00. The first kappa shape index (κ1) is 16.6. The van der Waals surface area contributed by atoms with Crippen LogP contribution in [0.2, 0.25) is 0 Å². The van der Waals surface area contributed by atoms with Gasteiger partial charge in [-0.3, -0.25) is 9.59 Å². The fourth-order valence-corrected chi connectivity index (χ4v) is 3.39. The van der Waals surface area contributed by atoms with Crippen molar-refractivity contribution in [2.75, 3.05) is 16.8 Å². The first-order valence-electron chi connectivity index (χ1n) is 9.09. The van der Waals surface area contributed by atoms with Crippen molar-refractivity contribution in [2.45, 2.75) is 32.1 Å². The zero-order valence-electron chi connectivity index (χ0n) is 14.8. The molecule has 1 aromatic heterocycles. The van der Waals surface area contributed by atoms with E-state index in [0.717, 1.165) is 24.4 Å². The largest absolute Gasteiger partial charge is 0.461 e. The first-order valence-corrected chi connectivity index (χ1v) is 9.09. The maximum absolute atomic E-state index is 12.2. The lowest BCUT2D eigenvalue weighted by atomic mass is 10.2. The van der Waals surface area contributed by atoms with Gasteiger partial charge in [-0.2, -0.15) is 0 Å². The van der Waals surface area contributed by atoms with Gasteiger partial charge in [0.1, 0.15) is 11.5 Å². The summed E-state index contributed by atoms with van der Waals surface area (Å²) in [4.78, 5) is 25.8. The van der Waals surface area contributed by atoms with Crippen LogP contribution in [0.15, 0.2) is 46.9 Å². The third-order valence-corrected chi connectivity index (χ3v) is 5.02. The zero-order valence-corrected chi connectivity index (χ0v) is 14.8. The molecule has 0 bridgehead atoms. The SMILES string of the molecule is CC1CC1c1ccc(/C=C/C(=O)Nc2cccc(N3CCCC3=O)c2)o1. The van der Waals surface area contributed by atoms with Gasteiger partial charge in [0.05, 0.1) is 0 Å². The number of benzene rings is 1. The van der Waals surface area contributed by atoms with Gasteiger partial charge in [-0.25, -0.2) is 0 Å². The smallest absolute Gasteiger partial charge is 0.248 e. The number of nitrogens with zero attached hydrogens (tertiary/aromatic N) is 1. The zero-order chi connectivity index (χ0) is 18.1. The molecule has 2 fully saturated rings. The van der Waals surface area contributed by atoms with E-state index in [1.165, 1.54) is 12.5 Å². The van der Waals surface area contributed by atoms with Crippen molar-refractivity contribution < 1.29 is 14.0 Å². The summed E-state index contributed by atoms with van der Waals surface area (Å²) >= 11 is 0. The molecule has 2 unspecified atom stereocenters. The van der Waals surface area contributed by atoms with E-state index in [-0.39, 0.29) is 11.8 Å². The lowest BCUT2D eigenvalue weighted by Gasteiger charge is -2.16. The van der Waals surface area contributed by atoms with Crippen molar-refractivity contribution in [1.29, 1.82) is 0 Å². The Kier molecular flexibility index (Phi) is 4.37. The van der Waals surface area contributed by atoms with Gasteiger partial charge >= 0.3 is 0 Å². The molecule has 26 heavy (non-hydrogen) atoms. The molecule has 1 N–H and O–H groups in total. The van der Waals surface area contributed by atoms with Crippen molar-refractivity contribution in [2.24, 2.45) is 5.92 Å². The maximum atomic E-state index is 12.2. The predicted molar refractivity (Wildman–Crippen MR) is 101 cm³/mol. The number of carbonyl (C=O) groups excluding carboxylic acids is 2. The van der Waals surface area contributed by atoms with E-state index in [1.807, 2.05) is 36.4 Å². The fourth-order valence-electron chi connectivity index (χ4n) is 3.39. The highest BCUT2D eigenvalue weighted by Crippen LogP contribution is 2.47. The monoisotopic (exact) mass is 350 g/mol. The third kappa shape index (κ3) is 3.57. The highest BCUT2D eigenvalue weighted by Gasteiger charge is 2.36. The average molecular weight is 350 g/mol. The minimum absolute atomic E-state index is 0.131. The Hall–Kier alpha value is -2.82. The second kappa shape index (κ2) is 6.83. The summed E-state index contributed by atoms with van der Waals surface area (Å²) in [6, 6.07) is 11.3. The second-order valence-corrected chi connectivity index (χ2v) is 7.08. The van der Waals surface area contributed by atoms with E-state index in [1.54, 1.807) is 11.0 Å². The van der Waals surface area contributed by atoms with Crippen molar-refractivity contribution in [3.63, 3.8) is 0 Å². The molecule has 4 rings (SSSR count). The molecular formula is C21H22N2O3. The highest BCUT2D eigenvalue weighted by molar-refractivity contribution is 6.02. The summed E-state index contributed by atoms with van der Waals surface area (Å²) in [5.41, 5.74) is 1.49. The fraction of sp³-hybridized carbons (Fsp3) is 0.333. The van der Waals surface area contributed by atoms with E-state index >= 15 is 0 Å². The van der Waals surface area contributed by atoms with Gasteiger partial charge < -0.3 is 14.6 Å². The number of nitrogens with one attached hydrogen (secondary N) is 1. The van der Waals surface area contributed by atoms with E-state index in [4.69, 9.17) is 4.42 Å². The van der Waals surface area contributed by atoms with Crippen LogP contribution in [0.4, 0.5) is 11.4 Å². The molecule has 1 saturated carbocycles. The number of amides is 2. The van der Waals surface area contributed by atoms with Crippen LogP contribution in [0.1, 0.15) is 43.6 Å². The first-order chi connectivity index (χ1) is 12.6. The minimum Gasteiger partial charge on any atom is -0.461 e. The predicted octanol–water partition coefficient (Wildman–Crippen LogP) is 4.18. The summed E-state index contributed by atoms with van der Waals surface area (Å²) in [6.07, 6.45) is 5.78. The topological polar surface area (TPSA) is 62.6 Å². The molecule has 134 valence electrons. The molecule has 2 atom stereocenters. The number of rotatable bonds is 5. The normalized spacial score (nSPS) is 22.2. The standard InChI is InChI=1S/C21H22N2O3/c1-14-12-18(14)19-9-7-17(26-19)8-10-20(24)22-15-4-2-5-16(13-15)23-11-3-6-21(23)25/h2,4-5,7-10,13-14,18H,3,6,11-12H2,1H3,(H,22,24)/b10-8+. The lowest BCUT2D eigenvalue weighted by Crippen LogP contribution is -2.23. The van der Waals surface area contributed by atoms with Gasteiger partial charge in [0.25, 0.3) is 0 Å². The minimum atomic E-state index is -0.229. The van der Waals surface area contributed by atoms with Gasteiger partial charge in [-0.1, -0.05) is 13.0 Å². The number of furan rings is 1. The van der Waals surface area contributed by atoms with Crippen molar-refractivity contribution in [1.82, 2.24) is 0 Å². The van der Waals surface area contributed by atoms with Crippen LogP contribution in [-0.2, 0) is 9.59 Å². The van der Waals surface area contributed by atoms with Crippen LogP contribution in [0.5, 0.6) is 0 Å². The molecule has 1 aromatic carbocycles. The number of hydrogen-bond donors (Lipinski definition) is 1. The number of carbonyl (C=O) groups is 2. The Morgan fingerprint density at radius 1 is 1.31 bits per heavy atom. The number of anilines is 2. The Balaban J connectivity index is 1.38. The molecule has 5 heteroatoms. The van der Waals surface area contributed by atoms with Crippen molar-refractivity contribution in [3.05, 3.63) is 54.0 Å². The number of hydrogen-bond acceptors (Lipinski definition) is 3. The Morgan fingerprint density at radius 3 is 2.88 bits per heavy atom. The van der Waals surface area contributed by atoms with Crippen LogP contribution >= 0.6 is 0 Å². The van der Waals surface area contributed by atoms with Crippen molar-refractivity contribution in [3.8, 4) is 0 Å². The van der Waals surface area contributed by atoms with Crippen LogP contribution < -0.4 is 10.2 Å². The third-order valence-electron chi connectivity index (χ3n) is 5.02. The van der Waals surface area contributed by atoms with Gasteiger partial charge in [0.15, 0.2) is 0 Å². The van der Waals surface area contributed by atoms with Gasteiger partial charge in [0.2, 0.25) is 11.8 Å². The molecule has 0 radical (unpaired) electrons. The molecule has 2 aliphatic rings. The van der Waals surface area contributed by atoms with E-state index in [9.17, 15) is 9.59 Å². The molecule has 2 amide bonds. The van der Waals surface area contributed by atoms with Gasteiger partial charge in [-0.15, -0.1) is 0 Å². The lowest BCUT2D eigenvalue weighted by molar-refractivity contribution is -0.117. The second-order valence-electron chi connectivity index (χ2n) is 7.08. The molecule has 1 aliphatic carbocycles. The summed E-state index contributed by atoms with van der Waals surface area (Å²) in [5.74, 6) is 2.81. The van der Waals surface area contributed by atoms with Crippen LogP contribution in [0, 0.1) is 5.92 Å². The molecule has 5 nitrogen and oxygen atoms in total. The Morgan fingerprint density at radius 2 is 2.15 bits per heavy atom. The van der Waals surface area contributed by atoms with Crippen LogP contribution in [-0.4, -0.2) is 18.4 Å². The quantitative estimate of drug-likeness (QED) is 0.823. The molecular weight excluding hydrogens is 328 g/mol. The molecule has 1 saturated heterocycles. The van der Waals surface area contributed by atoms with Gasteiger partial charge in [-0.05, 0) is 55.2 Å². The van der Waals surface area contributed by atoms with Gasteiger partial charge in [0, 0.05) is 36.3 Å². The van der Waals surface area contributed by atoms with E-state index in [0.29, 0.717) is 29.7 Å². The Labute approximate surface area is 152 Å². The van der Waals surface area contributed by atoms with Crippen LogP contribution in [0.3, 0.4) is 0 Å². The van der Waals surface area contributed by atoms with E-state index in [2.05, 4.69) is 12.2 Å². The van der Waals surface area contributed by atoms with Crippen molar-refractivity contribution >= 4 is 29.3 Å². The molecule has 0 spiro atoms. The molecule has 2 heterocycles. The summed E-state index contributed by atoms with van der Waals surface area (Å²) in [7, 11) is 0. The van der Waals surface area contributed by atoms with E-state index < -0.39 is 0 Å². The summed E-state index contributed by atoms with van der Waals surface area (Å²) < 4.78 is 5.77. The highest BCUT2D eigenvalue weighted by atomic mass is 16.3. The maximum Gasteiger partial charge on any atom is 0.248 e. The summed E-state index contributed by atoms with van der Waals surface area (Å²) in [6.45, 7) is 2.94. The molecule has 2 aromatic rings. The summed E-state index contributed by atoms with van der Waals surface area (Å²) in [5, 5.41) is 2.83. The van der Waals surface area contributed by atoms with Crippen LogP contribution in [0.25, 0.3) is 6.08 Å².